The van der Waals surface area contributed by atoms with Gasteiger partial charge in [0.2, 0.25) is 0 Å². The maximum atomic E-state index is 5.87. The van der Waals surface area contributed by atoms with E-state index in [-0.39, 0.29) is 0 Å². The van der Waals surface area contributed by atoms with Crippen LogP contribution in [0.1, 0.15) is 29.7 Å². The number of ether oxygens (including phenoxy) is 1. The number of piperidine rings is 1. The number of hydrogen-bond acceptors (Lipinski definition) is 4. The third kappa shape index (κ3) is 4.69. The van der Waals surface area contributed by atoms with Gasteiger partial charge in [0, 0.05) is 18.0 Å². The van der Waals surface area contributed by atoms with Crippen molar-refractivity contribution in [3.05, 3.63) is 21.9 Å². The Hall–Kier alpha value is -0.420. The summed E-state index contributed by atoms with van der Waals surface area (Å²) < 4.78 is 5.87. The monoisotopic (exact) mass is 268 g/mol. The zero-order chi connectivity index (χ0) is 12.6. The van der Waals surface area contributed by atoms with Crippen molar-refractivity contribution in [1.82, 2.24) is 10.6 Å². The van der Waals surface area contributed by atoms with Gasteiger partial charge >= 0.3 is 0 Å². The number of nitrogens with one attached hydrogen (secondary N) is 2. The van der Waals surface area contributed by atoms with Gasteiger partial charge in [0.25, 0.3) is 0 Å². The average Bonchev–Trinajstić information content (AvgIpc) is 2.81. The number of hydrogen-bond donors (Lipinski definition) is 2. The standard InChI is InChI=1S/C14H24N2OS/c1-12-5-10-18-14(12)11-16-6-2-9-17-13-3-7-15-8-4-13/h5,10,13,15-16H,2-4,6-9,11H2,1H3. The van der Waals surface area contributed by atoms with E-state index in [2.05, 4.69) is 29.0 Å². The van der Waals surface area contributed by atoms with Gasteiger partial charge in [-0.3, -0.25) is 0 Å². The first-order valence-corrected chi connectivity index (χ1v) is 7.80. The molecule has 0 atom stereocenters. The number of thiophene rings is 1. The highest BCUT2D eigenvalue weighted by Crippen LogP contribution is 2.14. The highest BCUT2D eigenvalue weighted by molar-refractivity contribution is 7.10. The first kappa shape index (κ1) is 14.0. The second kappa shape index (κ2) is 7.89. The van der Waals surface area contributed by atoms with Crippen LogP contribution in [-0.2, 0) is 11.3 Å². The van der Waals surface area contributed by atoms with Crippen molar-refractivity contribution in [2.45, 2.75) is 38.8 Å². The first-order valence-electron chi connectivity index (χ1n) is 6.92. The number of aryl methyl sites for hydroxylation is 1. The zero-order valence-corrected chi connectivity index (χ0v) is 12.0. The molecule has 18 heavy (non-hydrogen) atoms. The van der Waals surface area contributed by atoms with E-state index in [1.54, 1.807) is 0 Å². The van der Waals surface area contributed by atoms with Crippen LogP contribution in [0.4, 0.5) is 0 Å². The molecule has 2 heterocycles. The molecule has 1 fully saturated rings. The van der Waals surface area contributed by atoms with Crippen molar-refractivity contribution in [2.75, 3.05) is 26.2 Å². The molecule has 1 aliphatic rings. The van der Waals surface area contributed by atoms with Crippen LogP contribution in [0.15, 0.2) is 11.4 Å². The molecule has 3 nitrogen and oxygen atoms in total. The van der Waals surface area contributed by atoms with Crippen molar-refractivity contribution in [3.8, 4) is 0 Å². The molecular weight excluding hydrogens is 244 g/mol. The molecular formula is C14H24N2OS. The minimum atomic E-state index is 0.491. The Morgan fingerprint density at radius 1 is 1.44 bits per heavy atom. The average molecular weight is 268 g/mol. The van der Waals surface area contributed by atoms with Crippen LogP contribution < -0.4 is 10.6 Å². The van der Waals surface area contributed by atoms with E-state index in [9.17, 15) is 0 Å². The molecule has 102 valence electrons. The van der Waals surface area contributed by atoms with Crippen LogP contribution in [-0.4, -0.2) is 32.3 Å². The minimum Gasteiger partial charge on any atom is -0.378 e. The van der Waals surface area contributed by atoms with Gasteiger partial charge in [-0.05, 0) is 62.8 Å². The molecule has 2 N–H and O–H groups in total. The lowest BCUT2D eigenvalue weighted by Gasteiger charge is -2.22. The molecule has 0 aromatic carbocycles. The van der Waals surface area contributed by atoms with Gasteiger partial charge in [-0.25, -0.2) is 0 Å². The highest BCUT2D eigenvalue weighted by atomic mass is 32.1. The number of rotatable bonds is 7. The summed E-state index contributed by atoms with van der Waals surface area (Å²) in [5.74, 6) is 0. The molecule has 0 aliphatic carbocycles. The summed E-state index contributed by atoms with van der Waals surface area (Å²) in [5, 5.41) is 9.00. The van der Waals surface area contributed by atoms with Crippen molar-refractivity contribution in [2.24, 2.45) is 0 Å². The van der Waals surface area contributed by atoms with E-state index in [1.807, 2.05) is 11.3 Å². The molecule has 0 unspecified atom stereocenters. The molecule has 0 radical (unpaired) electrons. The molecule has 1 aromatic heterocycles. The fourth-order valence-corrected chi connectivity index (χ4v) is 3.07. The Balaban J connectivity index is 1.47. The van der Waals surface area contributed by atoms with Gasteiger partial charge < -0.3 is 15.4 Å². The normalized spacial score (nSPS) is 17.2. The predicted octanol–water partition coefficient (Wildman–Crippen LogP) is 2.30. The Kier molecular flexibility index (Phi) is 6.14. The summed E-state index contributed by atoms with van der Waals surface area (Å²) in [4.78, 5) is 1.45. The molecule has 0 bridgehead atoms. The molecule has 0 saturated carbocycles. The molecule has 1 saturated heterocycles. The van der Waals surface area contributed by atoms with Gasteiger partial charge in [-0.15, -0.1) is 11.3 Å². The lowest BCUT2D eigenvalue weighted by atomic mass is 10.1. The van der Waals surface area contributed by atoms with Crippen molar-refractivity contribution in [1.29, 1.82) is 0 Å². The van der Waals surface area contributed by atoms with Crippen LogP contribution in [0.2, 0.25) is 0 Å². The quantitative estimate of drug-likeness (QED) is 0.745. The van der Waals surface area contributed by atoms with Crippen LogP contribution in [0.3, 0.4) is 0 Å². The predicted molar refractivity (Wildman–Crippen MR) is 77.2 cm³/mol. The Morgan fingerprint density at radius 3 is 3.00 bits per heavy atom. The molecule has 0 spiro atoms. The van der Waals surface area contributed by atoms with Gasteiger partial charge in [0.1, 0.15) is 0 Å². The molecule has 0 amide bonds. The van der Waals surface area contributed by atoms with Gasteiger partial charge in [0.15, 0.2) is 0 Å². The van der Waals surface area contributed by atoms with Crippen molar-refractivity contribution in [3.63, 3.8) is 0 Å². The Morgan fingerprint density at radius 2 is 2.28 bits per heavy atom. The SMILES string of the molecule is Cc1ccsc1CNCCCOC1CCNCC1. The van der Waals surface area contributed by atoms with Crippen LogP contribution in [0, 0.1) is 6.92 Å². The van der Waals surface area contributed by atoms with E-state index < -0.39 is 0 Å². The highest BCUT2D eigenvalue weighted by Gasteiger charge is 2.12. The first-order chi connectivity index (χ1) is 8.86. The second-order valence-corrected chi connectivity index (χ2v) is 5.88. The van der Waals surface area contributed by atoms with Crippen molar-refractivity contribution < 1.29 is 4.74 Å². The fraction of sp³-hybridized carbons (Fsp3) is 0.714. The molecule has 1 aromatic rings. The second-order valence-electron chi connectivity index (χ2n) is 4.88. The zero-order valence-electron chi connectivity index (χ0n) is 11.2. The van der Waals surface area contributed by atoms with E-state index in [4.69, 9.17) is 4.74 Å². The van der Waals surface area contributed by atoms with Crippen LogP contribution in [0.5, 0.6) is 0 Å². The van der Waals surface area contributed by atoms with Gasteiger partial charge in [0.05, 0.1) is 6.10 Å². The van der Waals surface area contributed by atoms with E-state index >= 15 is 0 Å². The van der Waals surface area contributed by atoms with E-state index in [0.29, 0.717) is 6.10 Å². The summed E-state index contributed by atoms with van der Waals surface area (Å²) >= 11 is 1.84. The topological polar surface area (TPSA) is 33.3 Å². The third-order valence-corrected chi connectivity index (χ3v) is 4.41. The maximum Gasteiger partial charge on any atom is 0.0599 e. The molecule has 1 aliphatic heterocycles. The summed E-state index contributed by atoms with van der Waals surface area (Å²) in [7, 11) is 0. The third-order valence-electron chi connectivity index (χ3n) is 3.39. The minimum absolute atomic E-state index is 0.491. The lowest BCUT2D eigenvalue weighted by molar-refractivity contribution is 0.0317. The summed E-state index contributed by atoms with van der Waals surface area (Å²) in [6.45, 7) is 7.33. The van der Waals surface area contributed by atoms with Gasteiger partial charge in [-0.2, -0.15) is 0 Å². The van der Waals surface area contributed by atoms with E-state index in [1.165, 1.54) is 23.3 Å². The fourth-order valence-electron chi connectivity index (χ4n) is 2.20. The van der Waals surface area contributed by atoms with E-state index in [0.717, 1.165) is 39.2 Å². The molecule has 2 rings (SSSR count). The van der Waals surface area contributed by atoms with Crippen LogP contribution >= 0.6 is 11.3 Å². The maximum absolute atomic E-state index is 5.87. The Labute approximate surface area is 114 Å². The van der Waals surface area contributed by atoms with Gasteiger partial charge in [-0.1, -0.05) is 0 Å². The summed E-state index contributed by atoms with van der Waals surface area (Å²) in [6, 6.07) is 2.18. The van der Waals surface area contributed by atoms with Crippen molar-refractivity contribution >= 4 is 11.3 Å². The Bertz CT molecular complexity index is 334. The summed E-state index contributed by atoms with van der Waals surface area (Å²) in [5.41, 5.74) is 1.40. The smallest absolute Gasteiger partial charge is 0.0599 e. The summed E-state index contributed by atoms with van der Waals surface area (Å²) in [6.07, 6.45) is 3.93. The van der Waals surface area contributed by atoms with Crippen LogP contribution in [0.25, 0.3) is 0 Å². The largest absolute Gasteiger partial charge is 0.378 e. The molecule has 4 heteroatoms. The lowest BCUT2D eigenvalue weighted by Crippen LogP contribution is -2.32.